The van der Waals surface area contributed by atoms with E-state index in [1.807, 2.05) is 24.3 Å². The molecule has 2 rings (SSSR count). The number of rotatable bonds is 5. The normalized spacial score (nSPS) is 10.3. The Morgan fingerprint density at radius 2 is 1.95 bits per heavy atom. The summed E-state index contributed by atoms with van der Waals surface area (Å²) in [5.74, 6) is 0.368. The minimum Gasteiger partial charge on any atom is -0.496 e. The third kappa shape index (κ3) is 3.90. The molecule has 2 nitrogen and oxygen atoms in total. The van der Waals surface area contributed by atoms with Crippen molar-refractivity contribution in [3.05, 3.63) is 63.9 Å². The lowest BCUT2D eigenvalue weighted by molar-refractivity contribution is -0.117. The molecule has 0 spiro atoms. The Hall–Kier alpha value is -1.68. The Bertz CT molecular complexity index is 605. The Balaban J connectivity index is 2.09. The zero-order chi connectivity index (χ0) is 14.5. The van der Waals surface area contributed by atoms with Crippen LogP contribution in [-0.4, -0.2) is 12.9 Å². The SMILES string of the molecule is COc1ccccc1CC(=O)Cc1cc(F)cc(Br)c1. The number of hydrogen-bond acceptors (Lipinski definition) is 2. The number of carbonyl (C=O) groups is 1. The summed E-state index contributed by atoms with van der Waals surface area (Å²) in [6.07, 6.45) is 0.479. The van der Waals surface area contributed by atoms with Gasteiger partial charge in [-0.1, -0.05) is 34.1 Å². The number of ketones is 1. The number of methoxy groups -OCH3 is 1. The highest BCUT2D eigenvalue weighted by atomic mass is 79.9. The van der Waals surface area contributed by atoms with Crippen molar-refractivity contribution in [1.29, 1.82) is 0 Å². The van der Waals surface area contributed by atoms with Crippen LogP contribution in [0.4, 0.5) is 4.39 Å². The average Bonchev–Trinajstić information content (AvgIpc) is 2.37. The zero-order valence-electron chi connectivity index (χ0n) is 11.0. The van der Waals surface area contributed by atoms with Crippen LogP contribution in [0, 0.1) is 5.82 Å². The van der Waals surface area contributed by atoms with Gasteiger partial charge in [-0.15, -0.1) is 0 Å². The van der Waals surface area contributed by atoms with Crippen molar-refractivity contribution in [3.8, 4) is 5.75 Å². The summed E-state index contributed by atoms with van der Waals surface area (Å²) < 4.78 is 19.1. The molecule has 0 aromatic heterocycles. The monoisotopic (exact) mass is 336 g/mol. The van der Waals surface area contributed by atoms with Crippen LogP contribution in [0.5, 0.6) is 5.75 Å². The van der Waals surface area contributed by atoms with Crippen LogP contribution in [0.15, 0.2) is 46.9 Å². The highest BCUT2D eigenvalue weighted by Crippen LogP contribution is 2.20. The first-order valence-corrected chi connectivity index (χ1v) is 6.96. The molecule has 2 aromatic rings. The predicted molar refractivity (Wildman–Crippen MR) is 79.5 cm³/mol. The Kier molecular flexibility index (Phi) is 4.90. The molecule has 0 amide bonds. The number of hydrogen-bond donors (Lipinski definition) is 0. The lowest BCUT2D eigenvalue weighted by atomic mass is 10.0. The smallest absolute Gasteiger partial charge is 0.141 e. The summed E-state index contributed by atoms with van der Waals surface area (Å²) in [5.41, 5.74) is 1.51. The van der Waals surface area contributed by atoms with Crippen molar-refractivity contribution in [3.63, 3.8) is 0 Å². The summed E-state index contributed by atoms with van der Waals surface area (Å²) in [7, 11) is 1.58. The van der Waals surface area contributed by atoms with Crippen molar-refractivity contribution in [1.82, 2.24) is 0 Å². The van der Waals surface area contributed by atoms with Crippen LogP contribution >= 0.6 is 15.9 Å². The number of ether oxygens (including phenoxy) is 1. The molecule has 2 aromatic carbocycles. The molecule has 0 atom stereocenters. The molecule has 0 aliphatic heterocycles. The molecule has 0 bridgehead atoms. The van der Waals surface area contributed by atoms with Gasteiger partial charge in [-0.3, -0.25) is 4.79 Å². The fraction of sp³-hybridized carbons (Fsp3) is 0.188. The van der Waals surface area contributed by atoms with E-state index in [9.17, 15) is 9.18 Å². The van der Waals surface area contributed by atoms with Gasteiger partial charge in [0.2, 0.25) is 0 Å². The predicted octanol–water partition coefficient (Wildman–Crippen LogP) is 3.95. The third-order valence-electron chi connectivity index (χ3n) is 2.90. The molecule has 104 valence electrons. The van der Waals surface area contributed by atoms with Gasteiger partial charge in [0.25, 0.3) is 0 Å². The molecule has 4 heteroatoms. The summed E-state index contributed by atoms with van der Waals surface area (Å²) in [6, 6.07) is 11.9. The maximum atomic E-state index is 13.3. The summed E-state index contributed by atoms with van der Waals surface area (Å²) >= 11 is 3.22. The van der Waals surface area contributed by atoms with Crippen LogP contribution < -0.4 is 4.74 Å². The molecule has 0 aliphatic carbocycles. The standard InChI is InChI=1S/C16H14BrFO2/c1-20-16-5-3-2-4-12(16)9-15(19)8-11-6-13(17)10-14(18)7-11/h2-7,10H,8-9H2,1H3. The van der Waals surface area contributed by atoms with E-state index < -0.39 is 0 Å². The quantitative estimate of drug-likeness (QED) is 0.826. The molecule has 0 heterocycles. The topological polar surface area (TPSA) is 26.3 Å². The maximum absolute atomic E-state index is 13.3. The summed E-state index contributed by atoms with van der Waals surface area (Å²) in [4.78, 5) is 12.1. The number of para-hydroxylation sites is 1. The molecule has 0 saturated heterocycles. The van der Waals surface area contributed by atoms with Gasteiger partial charge in [0.15, 0.2) is 0 Å². The fourth-order valence-electron chi connectivity index (χ4n) is 2.06. The minimum atomic E-state index is -0.348. The number of halogens is 2. The zero-order valence-corrected chi connectivity index (χ0v) is 12.6. The van der Waals surface area contributed by atoms with Crippen LogP contribution in [0.1, 0.15) is 11.1 Å². The molecule has 0 aliphatic rings. The molecule has 0 saturated carbocycles. The van der Waals surface area contributed by atoms with Gasteiger partial charge >= 0.3 is 0 Å². The average molecular weight is 337 g/mol. The molecule has 0 radical (unpaired) electrons. The first-order valence-electron chi connectivity index (χ1n) is 6.17. The van der Waals surface area contributed by atoms with E-state index in [-0.39, 0.29) is 24.4 Å². The van der Waals surface area contributed by atoms with Crippen LogP contribution in [0.25, 0.3) is 0 Å². The second-order valence-electron chi connectivity index (χ2n) is 4.48. The van der Waals surface area contributed by atoms with Crippen molar-refractivity contribution in [2.75, 3.05) is 7.11 Å². The first kappa shape index (κ1) is 14.7. The van der Waals surface area contributed by atoms with E-state index in [0.29, 0.717) is 15.8 Å². The highest BCUT2D eigenvalue weighted by molar-refractivity contribution is 9.10. The van der Waals surface area contributed by atoms with E-state index in [0.717, 1.165) is 5.56 Å². The van der Waals surface area contributed by atoms with Gasteiger partial charge in [-0.05, 0) is 29.8 Å². The second-order valence-corrected chi connectivity index (χ2v) is 5.40. The van der Waals surface area contributed by atoms with Gasteiger partial charge in [0, 0.05) is 22.9 Å². The molecule has 0 N–H and O–H groups in total. The van der Waals surface area contributed by atoms with Crippen molar-refractivity contribution in [2.24, 2.45) is 0 Å². The number of Topliss-reactive ketones (excluding diaryl/α,β-unsaturated/α-hetero) is 1. The summed E-state index contributed by atoms with van der Waals surface area (Å²) in [5, 5.41) is 0. The van der Waals surface area contributed by atoms with Gasteiger partial charge < -0.3 is 4.74 Å². The number of carbonyl (C=O) groups excluding carboxylic acids is 1. The van der Waals surface area contributed by atoms with Crippen LogP contribution in [-0.2, 0) is 17.6 Å². The minimum absolute atomic E-state index is 0.0204. The van der Waals surface area contributed by atoms with Crippen molar-refractivity contribution >= 4 is 21.7 Å². The van der Waals surface area contributed by atoms with Crippen molar-refractivity contribution in [2.45, 2.75) is 12.8 Å². The van der Waals surface area contributed by atoms with E-state index in [1.54, 1.807) is 13.2 Å². The Morgan fingerprint density at radius 1 is 1.20 bits per heavy atom. The fourth-order valence-corrected chi connectivity index (χ4v) is 2.58. The van der Waals surface area contributed by atoms with Gasteiger partial charge in [0.05, 0.1) is 7.11 Å². The molecule has 20 heavy (non-hydrogen) atoms. The second kappa shape index (κ2) is 6.66. The van der Waals surface area contributed by atoms with Gasteiger partial charge in [0.1, 0.15) is 17.3 Å². The molecular formula is C16H14BrFO2. The molecule has 0 fully saturated rings. The lowest BCUT2D eigenvalue weighted by Gasteiger charge is -2.07. The highest BCUT2D eigenvalue weighted by Gasteiger charge is 2.10. The third-order valence-corrected chi connectivity index (χ3v) is 3.36. The van der Waals surface area contributed by atoms with Gasteiger partial charge in [-0.25, -0.2) is 4.39 Å². The number of benzene rings is 2. The largest absolute Gasteiger partial charge is 0.496 e. The molecule has 0 unspecified atom stereocenters. The maximum Gasteiger partial charge on any atom is 0.141 e. The lowest BCUT2D eigenvalue weighted by Crippen LogP contribution is -2.08. The van der Waals surface area contributed by atoms with E-state index in [2.05, 4.69) is 15.9 Å². The van der Waals surface area contributed by atoms with E-state index in [1.165, 1.54) is 12.1 Å². The van der Waals surface area contributed by atoms with Crippen LogP contribution in [0.2, 0.25) is 0 Å². The van der Waals surface area contributed by atoms with Gasteiger partial charge in [-0.2, -0.15) is 0 Å². The van der Waals surface area contributed by atoms with E-state index in [4.69, 9.17) is 4.74 Å². The van der Waals surface area contributed by atoms with Crippen LogP contribution in [0.3, 0.4) is 0 Å². The molecular weight excluding hydrogens is 323 g/mol. The Morgan fingerprint density at radius 3 is 2.65 bits per heavy atom. The first-order chi connectivity index (χ1) is 9.58. The van der Waals surface area contributed by atoms with E-state index >= 15 is 0 Å². The summed E-state index contributed by atoms with van der Waals surface area (Å²) in [6.45, 7) is 0. The Labute approximate surface area is 125 Å². The van der Waals surface area contributed by atoms with Crippen molar-refractivity contribution < 1.29 is 13.9 Å².